The number of hydrogen-bond acceptors (Lipinski definition) is 3. The second kappa shape index (κ2) is 6.32. The monoisotopic (exact) mass is 303 g/mol. The third-order valence-corrected chi connectivity index (χ3v) is 3.83. The molecule has 0 atom stereocenters. The lowest BCUT2D eigenvalue weighted by Gasteiger charge is -2.11. The number of aromatic nitrogens is 1. The third kappa shape index (κ3) is 2.90. The normalized spacial score (nSPS) is 11.3. The number of nitrogens with zero attached hydrogens (tertiary/aromatic N) is 1. The Morgan fingerprint density at radius 2 is 1.91 bits per heavy atom. The number of ketones is 1. The predicted molar refractivity (Wildman–Crippen MR) is 84.7 cm³/mol. The molecule has 2 N–H and O–H groups in total. The summed E-state index contributed by atoms with van der Waals surface area (Å²) in [6.07, 6.45) is 2.20. The first kappa shape index (κ1) is 16.2. The minimum atomic E-state index is -1.01. The fourth-order valence-corrected chi connectivity index (χ4v) is 2.66. The predicted octanol–water partition coefficient (Wildman–Crippen LogP) is 3.05. The van der Waals surface area contributed by atoms with Crippen LogP contribution in [0.2, 0.25) is 0 Å². The molecule has 0 aliphatic heterocycles. The molecule has 0 fully saturated rings. The van der Waals surface area contributed by atoms with Gasteiger partial charge in [0.1, 0.15) is 0 Å². The summed E-state index contributed by atoms with van der Waals surface area (Å²) in [4.78, 5) is 23.5. The fraction of sp³-hybridized carbons (Fsp3) is 0.412. The van der Waals surface area contributed by atoms with E-state index < -0.39 is 5.97 Å². The van der Waals surface area contributed by atoms with Crippen molar-refractivity contribution in [3.8, 4) is 0 Å². The number of carbonyl (C=O) groups is 2. The molecule has 0 amide bonds. The molecule has 0 saturated carbocycles. The maximum atomic E-state index is 11.9. The number of Topliss-reactive ketones (excluding diaryl/α,β-unsaturated/α-hetero) is 1. The summed E-state index contributed by atoms with van der Waals surface area (Å²) in [5, 5.41) is 19.2. The molecule has 0 aliphatic rings. The SMILES string of the molecule is CC(=O)c1cn(CCCO)c2c(C(=O)O)cc(C(C)C)cc12. The molecule has 22 heavy (non-hydrogen) atoms. The molecule has 5 nitrogen and oxygen atoms in total. The molecule has 0 saturated heterocycles. The Balaban J connectivity index is 2.82. The molecule has 118 valence electrons. The van der Waals surface area contributed by atoms with Gasteiger partial charge in [0, 0.05) is 30.3 Å². The standard InChI is InChI=1S/C17H21NO4/c1-10(2)12-7-13-15(11(3)20)9-18(5-4-6-19)16(13)14(8-12)17(21)22/h7-10,19H,4-6H2,1-3H3,(H,21,22). The van der Waals surface area contributed by atoms with Gasteiger partial charge in [0.25, 0.3) is 0 Å². The number of fused-ring (bicyclic) bond motifs is 1. The van der Waals surface area contributed by atoms with Gasteiger partial charge in [-0.3, -0.25) is 4.79 Å². The van der Waals surface area contributed by atoms with Crippen LogP contribution in [0.4, 0.5) is 0 Å². The molecule has 2 rings (SSSR count). The second-order valence-electron chi connectivity index (χ2n) is 5.79. The number of aromatic carboxylic acids is 1. The minimum absolute atomic E-state index is 0.0154. The zero-order valence-corrected chi connectivity index (χ0v) is 13.1. The summed E-state index contributed by atoms with van der Waals surface area (Å²) >= 11 is 0. The summed E-state index contributed by atoms with van der Waals surface area (Å²) in [5.74, 6) is -0.931. The molecule has 1 heterocycles. The maximum Gasteiger partial charge on any atom is 0.337 e. The number of aryl methyl sites for hydroxylation is 1. The van der Waals surface area contributed by atoms with Crippen LogP contribution in [-0.2, 0) is 6.54 Å². The number of rotatable bonds is 6. The topological polar surface area (TPSA) is 79.5 Å². The number of carboxylic acids is 1. The van der Waals surface area contributed by atoms with E-state index in [1.807, 2.05) is 19.9 Å². The van der Waals surface area contributed by atoms with E-state index in [-0.39, 0.29) is 23.9 Å². The molecule has 1 aromatic carbocycles. The molecule has 5 heteroatoms. The van der Waals surface area contributed by atoms with Crippen LogP contribution >= 0.6 is 0 Å². The van der Waals surface area contributed by atoms with Crippen LogP contribution in [0.15, 0.2) is 18.3 Å². The first-order valence-corrected chi connectivity index (χ1v) is 7.38. The van der Waals surface area contributed by atoms with Crippen LogP contribution in [0.25, 0.3) is 10.9 Å². The Morgan fingerprint density at radius 1 is 1.23 bits per heavy atom. The highest BCUT2D eigenvalue weighted by Crippen LogP contribution is 2.30. The van der Waals surface area contributed by atoms with Gasteiger partial charge < -0.3 is 14.8 Å². The highest BCUT2D eigenvalue weighted by atomic mass is 16.4. The summed E-state index contributed by atoms with van der Waals surface area (Å²) < 4.78 is 1.76. The average molecular weight is 303 g/mol. The van der Waals surface area contributed by atoms with Gasteiger partial charge in [-0.05, 0) is 37.0 Å². The molecule has 0 spiro atoms. The summed E-state index contributed by atoms with van der Waals surface area (Å²) in [6, 6.07) is 3.58. The lowest BCUT2D eigenvalue weighted by atomic mass is 9.96. The third-order valence-electron chi connectivity index (χ3n) is 3.83. The molecule has 0 unspecified atom stereocenters. The molecule has 0 bridgehead atoms. The highest BCUT2D eigenvalue weighted by molar-refractivity contribution is 6.12. The van der Waals surface area contributed by atoms with Crippen molar-refractivity contribution in [3.05, 3.63) is 35.0 Å². The number of hydrogen-bond donors (Lipinski definition) is 2. The Labute approximate surface area is 129 Å². The van der Waals surface area contributed by atoms with Crippen molar-refractivity contribution in [2.24, 2.45) is 0 Å². The maximum absolute atomic E-state index is 11.9. The van der Waals surface area contributed by atoms with Gasteiger partial charge in [-0.1, -0.05) is 13.8 Å². The van der Waals surface area contributed by atoms with Crippen LogP contribution < -0.4 is 0 Å². The van der Waals surface area contributed by atoms with Gasteiger partial charge in [-0.15, -0.1) is 0 Å². The van der Waals surface area contributed by atoms with Crippen LogP contribution in [0.3, 0.4) is 0 Å². The van der Waals surface area contributed by atoms with Crippen molar-refractivity contribution < 1.29 is 19.8 Å². The first-order valence-electron chi connectivity index (χ1n) is 7.38. The summed E-state index contributed by atoms with van der Waals surface area (Å²) in [5.41, 5.74) is 2.17. The molecule has 2 aromatic rings. The number of benzene rings is 1. The van der Waals surface area contributed by atoms with E-state index in [0.717, 1.165) is 5.56 Å². The van der Waals surface area contributed by atoms with Crippen molar-refractivity contribution in [1.82, 2.24) is 4.57 Å². The van der Waals surface area contributed by atoms with Crippen molar-refractivity contribution in [1.29, 1.82) is 0 Å². The number of carboxylic acid groups (broad SMARTS) is 1. The average Bonchev–Trinajstić information content (AvgIpc) is 2.82. The number of carbonyl (C=O) groups excluding carboxylic acids is 1. The van der Waals surface area contributed by atoms with E-state index in [4.69, 9.17) is 5.11 Å². The number of aliphatic hydroxyl groups excluding tert-OH is 1. The zero-order chi connectivity index (χ0) is 16.4. The zero-order valence-electron chi connectivity index (χ0n) is 13.1. The highest BCUT2D eigenvalue weighted by Gasteiger charge is 2.20. The fourth-order valence-electron chi connectivity index (χ4n) is 2.66. The van der Waals surface area contributed by atoms with Gasteiger partial charge in [0.15, 0.2) is 5.78 Å². The Bertz CT molecular complexity index is 728. The molecular weight excluding hydrogens is 282 g/mol. The van der Waals surface area contributed by atoms with E-state index in [1.54, 1.807) is 16.8 Å². The summed E-state index contributed by atoms with van der Waals surface area (Å²) in [6.45, 7) is 5.95. The van der Waals surface area contributed by atoms with Crippen LogP contribution in [0.1, 0.15) is 59.4 Å². The summed E-state index contributed by atoms with van der Waals surface area (Å²) in [7, 11) is 0. The molecule has 0 radical (unpaired) electrons. The first-order chi connectivity index (χ1) is 10.4. The Hall–Kier alpha value is -2.14. The van der Waals surface area contributed by atoms with Crippen LogP contribution in [-0.4, -0.2) is 33.1 Å². The Morgan fingerprint density at radius 3 is 2.41 bits per heavy atom. The second-order valence-corrected chi connectivity index (χ2v) is 5.79. The van der Waals surface area contributed by atoms with Crippen molar-refractivity contribution in [2.45, 2.75) is 39.7 Å². The lowest BCUT2D eigenvalue weighted by molar-refractivity contribution is 0.0698. The quantitative estimate of drug-likeness (QED) is 0.804. The van der Waals surface area contributed by atoms with E-state index >= 15 is 0 Å². The van der Waals surface area contributed by atoms with Crippen LogP contribution in [0, 0.1) is 0 Å². The minimum Gasteiger partial charge on any atom is -0.478 e. The van der Waals surface area contributed by atoms with Gasteiger partial charge in [0.05, 0.1) is 11.1 Å². The van der Waals surface area contributed by atoms with Gasteiger partial charge in [-0.25, -0.2) is 4.79 Å². The van der Waals surface area contributed by atoms with Crippen molar-refractivity contribution in [3.63, 3.8) is 0 Å². The van der Waals surface area contributed by atoms with Crippen molar-refractivity contribution >= 4 is 22.7 Å². The van der Waals surface area contributed by atoms with Crippen molar-refractivity contribution in [2.75, 3.05) is 6.61 Å². The van der Waals surface area contributed by atoms with Gasteiger partial charge in [0.2, 0.25) is 0 Å². The smallest absolute Gasteiger partial charge is 0.337 e. The molecule has 0 aliphatic carbocycles. The largest absolute Gasteiger partial charge is 0.478 e. The van der Waals surface area contributed by atoms with E-state index in [9.17, 15) is 14.7 Å². The Kier molecular flexibility index (Phi) is 4.66. The number of aliphatic hydroxyl groups is 1. The van der Waals surface area contributed by atoms with E-state index in [2.05, 4.69) is 0 Å². The van der Waals surface area contributed by atoms with Crippen LogP contribution in [0.5, 0.6) is 0 Å². The van der Waals surface area contributed by atoms with E-state index in [1.165, 1.54) is 6.92 Å². The lowest BCUT2D eigenvalue weighted by Crippen LogP contribution is -2.05. The van der Waals surface area contributed by atoms with Gasteiger partial charge >= 0.3 is 5.97 Å². The molecule has 1 aromatic heterocycles. The molecular formula is C17H21NO4. The van der Waals surface area contributed by atoms with E-state index in [0.29, 0.717) is 29.4 Å². The van der Waals surface area contributed by atoms with Gasteiger partial charge in [-0.2, -0.15) is 0 Å².